The molecule has 0 aliphatic rings. The number of thioether (sulfide) groups is 1. The number of aromatic nitrogens is 2. The number of nitrogens with zero attached hydrogens (tertiary/aromatic N) is 3. The van der Waals surface area contributed by atoms with Gasteiger partial charge in [-0.3, -0.25) is 19.5 Å². The van der Waals surface area contributed by atoms with Gasteiger partial charge in [0.15, 0.2) is 5.16 Å². The van der Waals surface area contributed by atoms with Gasteiger partial charge in [0, 0.05) is 30.6 Å². The smallest absolute Gasteiger partial charge is 0.271 e. The minimum absolute atomic E-state index is 0.0556. The second-order valence-electron chi connectivity index (χ2n) is 5.54. The van der Waals surface area contributed by atoms with Crippen LogP contribution >= 0.6 is 23.4 Å². The molecule has 144 valence electrons. The number of non-ortho nitro benzene ring substituents is 1. The van der Waals surface area contributed by atoms with Crippen LogP contribution < -0.4 is 10.1 Å². The molecule has 3 rings (SSSR count). The van der Waals surface area contributed by atoms with E-state index < -0.39 is 4.92 Å². The number of ether oxygens (including phenoxy) is 1. The van der Waals surface area contributed by atoms with Gasteiger partial charge < -0.3 is 10.1 Å². The monoisotopic (exact) mass is 418 g/mol. The van der Waals surface area contributed by atoms with Crippen LogP contribution in [0.1, 0.15) is 0 Å². The van der Waals surface area contributed by atoms with Crippen molar-refractivity contribution in [3.8, 4) is 11.4 Å². The highest BCUT2D eigenvalue weighted by Crippen LogP contribution is 2.27. The minimum atomic E-state index is -0.550. The molecule has 0 saturated carbocycles. The summed E-state index contributed by atoms with van der Waals surface area (Å²) in [6.45, 7) is 0. The summed E-state index contributed by atoms with van der Waals surface area (Å²) in [5.41, 5.74) is 0.889. The molecule has 1 N–H and O–H groups in total. The minimum Gasteiger partial charge on any atom is -0.497 e. The predicted molar refractivity (Wildman–Crippen MR) is 108 cm³/mol. The number of nitro groups is 1. The van der Waals surface area contributed by atoms with Crippen molar-refractivity contribution in [2.75, 3.05) is 18.2 Å². The van der Waals surface area contributed by atoms with Crippen molar-refractivity contribution in [3.63, 3.8) is 0 Å². The first-order valence-corrected chi connectivity index (χ1v) is 9.38. The Hall–Kier alpha value is -3.04. The van der Waals surface area contributed by atoms with Crippen LogP contribution in [0.3, 0.4) is 0 Å². The summed E-state index contributed by atoms with van der Waals surface area (Å²) in [7, 11) is 1.59. The molecule has 10 heteroatoms. The van der Waals surface area contributed by atoms with E-state index in [9.17, 15) is 14.9 Å². The quantitative estimate of drug-likeness (QED) is 0.351. The molecular formula is C18H15ClN4O4S. The van der Waals surface area contributed by atoms with Crippen LogP contribution in [0.25, 0.3) is 5.69 Å². The number of methoxy groups -OCH3 is 1. The van der Waals surface area contributed by atoms with Crippen LogP contribution in [0, 0.1) is 10.1 Å². The molecule has 3 aromatic rings. The molecule has 1 amide bonds. The van der Waals surface area contributed by atoms with E-state index in [1.165, 1.54) is 30.0 Å². The van der Waals surface area contributed by atoms with Gasteiger partial charge in [-0.1, -0.05) is 29.4 Å². The molecule has 1 aromatic heterocycles. The topological polar surface area (TPSA) is 99.3 Å². The Morgan fingerprint density at radius 3 is 2.93 bits per heavy atom. The summed E-state index contributed by atoms with van der Waals surface area (Å²) in [4.78, 5) is 26.9. The van der Waals surface area contributed by atoms with E-state index >= 15 is 0 Å². The lowest BCUT2D eigenvalue weighted by Crippen LogP contribution is -2.15. The number of amides is 1. The van der Waals surface area contributed by atoms with Crippen LogP contribution in [0.4, 0.5) is 11.4 Å². The van der Waals surface area contributed by atoms with Crippen LogP contribution in [0.15, 0.2) is 60.0 Å². The SMILES string of the molecule is COc1cccc(-n2ccnc2SCC(=O)Nc2cc([N+](=O)[O-])ccc2Cl)c1. The summed E-state index contributed by atoms with van der Waals surface area (Å²) in [5.74, 6) is 0.410. The first-order chi connectivity index (χ1) is 13.5. The van der Waals surface area contributed by atoms with E-state index in [0.29, 0.717) is 10.9 Å². The number of carbonyl (C=O) groups is 1. The fourth-order valence-corrected chi connectivity index (χ4v) is 3.33. The lowest BCUT2D eigenvalue weighted by Gasteiger charge is -2.10. The molecular weight excluding hydrogens is 404 g/mol. The van der Waals surface area contributed by atoms with Crippen molar-refractivity contribution < 1.29 is 14.5 Å². The molecule has 0 fully saturated rings. The molecule has 0 unspecified atom stereocenters. The Labute approximate surface area is 169 Å². The first-order valence-electron chi connectivity index (χ1n) is 8.02. The molecule has 0 bridgehead atoms. The zero-order chi connectivity index (χ0) is 20.1. The number of halogens is 1. The highest BCUT2D eigenvalue weighted by molar-refractivity contribution is 7.99. The van der Waals surface area contributed by atoms with Crippen LogP contribution in [-0.4, -0.2) is 33.2 Å². The van der Waals surface area contributed by atoms with Gasteiger partial charge in [0.1, 0.15) is 5.75 Å². The van der Waals surface area contributed by atoms with Crippen molar-refractivity contribution in [1.82, 2.24) is 9.55 Å². The van der Waals surface area contributed by atoms with E-state index in [4.69, 9.17) is 16.3 Å². The Morgan fingerprint density at radius 2 is 2.18 bits per heavy atom. The lowest BCUT2D eigenvalue weighted by atomic mass is 10.3. The van der Waals surface area contributed by atoms with Gasteiger partial charge in [-0.05, 0) is 18.2 Å². The second kappa shape index (κ2) is 8.77. The van der Waals surface area contributed by atoms with Crippen molar-refractivity contribution in [1.29, 1.82) is 0 Å². The fraction of sp³-hybridized carbons (Fsp3) is 0.111. The number of carbonyl (C=O) groups excluding carboxylic acids is 1. The summed E-state index contributed by atoms with van der Waals surface area (Å²) < 4.78 is 7.06. The average molecular weight is 419 g/mol. The van der Waals surface area contributed by atoms with Gasteiger partial charge >= 0.3 is 0 Å². The normalized spacial score (nSPS) is 10.5. The van der Waals surface area contributed by atoms with Crippen molar-refractivity contribution >= 4 is 40.6 Å². The van der Waals surface area contributed by atoms with E-state index in [1.807, 2.05) is 28.8 Å². The molecule has 0 aliphatic carbocycles. The van der Waals surface area contributed by atoms with Gasteiger partial charge in [0.05, 0.1) is 34.2 Å². The Bertz CT molecular complexity index is 1020. The lowest BCUT2D eigenvalue weighted by molar-refractivity contribution is -0.384. The summed E-state index contributed by atoms with van der Waals surface area (Å²) in [6, 6.07) is 11.3. The Balaban J connectivity index is 1.69. The third kappa shape index (κ3) is 4.62. The maximum absolute atomic E-state index is 12.3. The number of imidazole rings is 1. The zero-order valence-electron chi connectivity index (χ0n) is 14.7. The number of nitro benzene ring substituents is 1. The van der Waals surface area contributed by atoms with Crippen molar-refractivity contribution in [2.24, 2.45) is 0 Å². The summed E-state index contributed by atoms with van der Waals surface area (Å²) in [6.07, 6.45) is 3.42. The maximum atomic E-state index is 12.3. The number of anilines is 1. The number of hydrogen-bond acceptors (Lipinski definition) is 6. The molecule has 0 atom stereocenters. The molecule has 0 aliphatic heterocycles. The molecule has 2 aromatic carbocycles. The van der Waals surface area contributed by atoms with Gasteiger partial charge in [-0.15, -0.1) is 0 Å². The fourth-order valence-electron chi connectivity index (χ4n) is 2.39. The third-order valence-electron chi connectivity index (χ3n) is 3.71. The maximum Gasteiger partial charge on any atom is 0.271 e. The summed E-state index contributed by atoms with van der Waals surface area (Å²) >= 11 is 7.23. The summed E-state index contributed by atoms with van der Waals surface area (Å²) in [5, 5.41) is 14.3. The number of nitrogens with one attached hydrogen (secondary N) is 1. The third-order valence-corrected chi connectivity index (χ3v) is 5.00. The Morgan fingerprint density at radius 1 is 1.36 bits per heavy atom. The molecule has 0 spiro atoms. The first kappa shape index (κ1) is 19.7. The van der Waals surface area contributed by atoms with Gasteiger partial charge in [-0.2, -0.15) is 0 Å². The van der Waals surface area contributed by atoms with Crippen molar-refractivity contribution in [3.05, 3.63) is 70.0 Å². The molecule has 0 saturated heterocycles. The number of benzene rings is 2. The van der Waals surface area contributed by atoms with E-state index in [2.05, 4.69) is 10.3 Å². The van der Waals surface area contributed by atoms with E-state index in [0.717, 1.165) is 5.69 Å². The molecule has 8 nitrogen and oxygen atoms in total. The highest BCUT2D eigenvalue weighted by atomic mass is 35.5. The van der Waals surface area contributed by atoms with Gasteiger partial charge in [-0.25, -0.2) is 4.98 Å². The Kier molecular flexibility index (Phi) is 6.17. The number of rotatable bonds is 7. The predicted octanol–water partition coefficient (Wildman–Crippen LogP) is 4.17. The molecule has 28 heavy (non-hydrogen) atoms. The van der Waals surface area contributed by atoms with Crippen LogP contribution in [-0.2, 0) is 4.79 Å². The largest absolute Gasteiger partial charge is 0.497 e. The van der Waals surface area contributed by atoms with Crippen LogP contribution in [0.2, 0.25) is 5.02 Å². The van der Waals surface area contributed by atoms with Gasteiger partial charge in [0.2, 0.25) is 5.91 Å². The molecule has 0 radical (unpaired) electrons. The average Bonchev–Trinajstić information content (AvgIpc) is 3.16. The second-order valence-corrected chi connectivity index (χ2v) is 6.89. The zero-order valence-corrected chi connectivity index (χ0v) is 16.2. The van der Waals surface area contributed by atoms with E-state index in [-0.39, 0.29) is 28.1 Å². The standard InChI is InChI=1S/C18H15ClN4O4S/c1-27-14-4-2-3-12(9-14)22-8-7-20-18(22)28-11-17(24)21-16-10-13(23(25)26)5-6-15(16)19/h2-10H,11H2,1H3,(H,21,24). The van der Waals surface area contributed by atoms with Crippen LogP contribution in [0.5, 0.6) is 5.75 Å². The van der Waals surface area contributed by atoms with Gasteiger partial charge in [0.25, 0.3) is 5.69 Å². The number of hydrogen-bond donors (Lipinski definition) is 1. The molecule has 1 heterocycles. The van der Waals surface area contributed by atoms with E-state index in [1.54, 1.807) is 19.5 Å². The van der Waals surface area contributed by atoms with Crippen molar-refractivity contribution in [2.45, 2.75) is 5.16 Å². The highest BCUT2D eigenvalue weighted by Gasteiger charge is 2.14.